The molecule has 2 unspecified atom stereocenters. The van der Waals surface area contributed by atoms with Gasteiger partial charge in [-0.25, -0.2) is 9.59 Å². The molecule has 5 aliphatic rings. The summed E-state index contributed by atoms with van der Waals surface area (Å²) in [6.45, 7) is 20.5. The van der Waals surface area contributed by atoms with Gasteiger partial charge in [0, 0.05) is 31.1 Å². The molecule has 1 aromatic carbocycles. The molecule has 2 saturated carbocycles. The minimum absolute atomic E-state index is 0.0309. The van der Waals surface area contributed by atoms with E-state index >= 15 is 0 Å². The average Bonchev–Trinajstić information content (AvgIpc) is 3.33. The van der Waals surface area contributed by atoms with Gasteiger partial charge in [-0.2, -0.15) is 0 Å². The molecule has 0 aromatic heterocycles. The number of ether oxygens (including phenoxy) is 6. The van der Waals surface area contributed by atoms with Crippen molar-refractivity contribution in [2.24, 2.45) is 34.5 Å². The molecule has 4 fully saturated rings. The first-order valence-electron chi connectivity index (χ1n) is 18.7. The Hall–Kier alpha value is -3.09. The largest absolute Gasteiger partial charge is 0.457 e. The van der Waals surface area contributed by atoms with Crippen molar-refractivity contribution in [2.45, 2.75) is 136 Å². The number of rotatable bonds is 10. The number of carbonyl (C=O) groups excluding carboxylic acids is 3. The fourth-order valence-corrected chi connectivity index (χ4v) is 10.8. The first-order valence-corrected chi connectivity index (χ1v) is 18.7. The quantitative estimate of drug-likeness (QED) is 0.184. The van der Waals surface area contributed by atoms with Gasteiger partial charge in [0.25, 0.3) is 0 Å². The molecule has 286 valence electrons. The third kappa shape index (κ3) is 5.86. The zero-order valence-corrected chi connectivity index (χ0v) is 31.9. The summed E-state index contributed by atoms with van der Waals surface area (Å²) in [5, 5.41) is 23.8. The zero-order valence-electron chi connectivity index (χ0n) is 31.9. The van der Waals surface area contributed by atoms with Gasteiger partial charge in [0.05, 0.1) is 41.3 Å². The van der Waals surface area contributed by atoms with E-state index in [0.29, 0.717) is 24.0 Å². The van der Waals surface area contributed by atoms with Crippen molar-refractivity contribution in [2.75, 3.05) is 6.61 Å². The van der Waals surface area contributed by atoms with Crippen LogP contribution in [0.15, 0.2) is 54.1 Å². The van der Waals surface area contributed by atoms with E-state index in [9.17, 15) is 24.6 Å². The molecule has 2 heterocycles. The van der Waals surface area contributed by atoms with Crippen LogP contribution in [0.1, 0.15) is 91.9 Å². The summed E-state index contributed by atoms with van der Waals surface area (Å²) in [5.74, 6) is -3.27. The predicted octanol–water partition coefficient (Wildman–Crippen LogP) is 5.32. The molecule has 2 aliphatic heterocycles. The number of aliphatic hydroxyl groups is 2. The van der Waals surface area contributed by atoms with Crippen molar-refractivity contribution in [1.29, 1.82) is 0 Å². The number of fused-ring (bicyclic) bond motifs is 3. The molecule has 13 atom stereocenters. The first-order chi connectivity index (χ1) is 24.3. The number of hydrogen-bond acceptors (Lipinski definition) is 11. The SMILES string of the molecule is C=CC1O[C@H]2C[C@H]3OC[C@@]3(OC(C)=O)[C@H]3[C@H](OC(=O)c4ccccc4)[C@]4(C(C)(C)O)C[C@H](OC(=O)C(O)[C@@H](C)CC(C)C)C(C)=C4[C@H](C)[C@H](O1)[C@]23C. The summed E-state index contributed by atoms with van der Waals surface area (Å²) in [4.78, 5) is 41.1. The number of benzene rings is 1. The van der Waals surface area contributed by atoms with Crippen LogP contribution in [0.25, 0.3) is 0 Å². The molecule has 2 N–H and O–H groups in total. The maximum absolute atomic E-state index is 14.4. The third-order valence-electron chi connectivity index (χ3n) is 12.9. The Labute approximate surface area is 307 Å². The lowest BCUT2D eigenvalue weighted by molar-refractivity contribution is -0.391. The molecular formula is C41H56O11. The molecule has 1 aromatic rings. The van der Waals surface area contributed by atoms with Gasteiger partial charge in [-0.3, -0.25) is 4.79 Å². The van der Waals surface area contributed by atoms with E-state index in [1.807, 2.05) is 41.5 Å². The van der Waals surface area contributed by atoms with Gasteiger partial charge in [-0.1, -0.05) is 59.4 Å². The topological polar surface area (TPSA) is 147 Å². The van der Waals surface area contributed by atoms with E-state index in [2.05, 4.69) is 6.58 Å². The van der Waals surface area contributed by atoms with Crippen molar-refractivity contribution in [3.8, 4) is 0 Å². The van der Waals surface area contributed by atoms with Crippen molar-refractivity contribution in [3.05, 3.63) is 59.7 Å². The molecule has 2 saturated heterocycles. The highest BCUT2D eigenvalue weighted by atomic mass is 16.7. The van der Waals surface area contributed by atoms with Crippen LogP contribution in [-0.4, -0.2) is 88.8 Å². The van der Waals surface area contributed by atoms with Crippen LogP contribution in [0.3, 0.4) is 0 Å². The van der Waals surface area contributed by atoms with Crippen LogP contribution in [-0.2, 0) is 38.0 Å². The lowest BCUT2D eigenvalue weighted by Gasteiger charge is -2.67. The first kappa shape index (κ1) is 38.6. The van der Waals surface area contributed by atoms with E-state index in [4.69, 9.17) is 28.4 Å². The Morgan fingerprint density at radius 2 is 1.77 bits per heavy atom. The fraction of sp³-hybridized carbons (Fsp3) is 0.683. The van der Waals surface area contributed by atoms with Crippen molar-refractivity contribution < 1.29 is 53.0 Å². The van der Waals surface area contributed by atoms with Crippen molar-refractivity contribution in [3.63, 3.8) is 0 Å². The zero-order chi connectivity index (χ0) is 38.1. The maximum Gasteiger partial charge on any atom is 0.338 e. The van der Waals surface area contributed by atoms with Crippen molar-refractivity contribution >= 4 is 17.9 Å². The molecule has 0 bridgehead atoms. The molecule has 0 radical (unpaired) electrons. The van der Waals surface area contributed by atoms with Crippen LogP contribution < -0.4 is 0 Å². The van der Waals surface area contributed by atoms with Gasteiger partial charge in [0.15, 0.2) is 18.0 Å². The van der Waals surface area contributed by atoms with Gasteiger partial charge >= 0.3 is 17.9 Å². The molecule has 11 nitrogen and oxygen atoms in total. The Morgan fingerprint density at radius 3 is 2.33 bits per heavy atom. The van der Waals surface area contributed by atoms with Gasteiger partial charge < -0.3 is 38.6 Å². The predicted molar refractivity (Wildman–Crippen MR) is 190 cm³/mol. The van der Waals surface area contributed by atoms with E-state index in [1.165, 1.54) is 6.92 Å². The van der Waals surface area contributed by atoms with Crippen LogP contribution in [0.4, 0.5) is 0 Å². The number of aliphatic hydroxyl groups excluding tert-OH is 1. The van der Waals surface area contributed by atoms with Crippen LogP contribution in [0.5, 0.6) is 0 Å². The lowest BCUT2D eigenvalue weighted by atomic mass is 9.49. The second-order valence-electron chi connectivity index (χ2n) is 17.0. The lowest BCUT2D eigenvalue weighted by Crippen LogP contribution is -2.80. The highest BCUT2D eigenvalue weighted by molar-refractivity contribution is 5.89. The van der Waals surface area contributed by atoms with Gasteiger partial charge in [-0.05, 0) is 68.4 Å². The van der Waals surface area contributed by atoms with E-state index in [-0.39, 0.29) is 24.9 Å². The van der Waals surface area contributed by atoms with Crippen LogP contribution in [0, 0.1) is 34.5 Å². The standard InChI is InChI=1S/C41H56O11/c1-11-30-49-28-18-29-41(20-47-29,52-25(7)42)33-35(51-36(44)26-15-13-12-14-16-26)40(38(8,9)46)19-27(48-37(45)32(43)22(4)17-21(2)3)23(5)31(40)24(6)34(50-30)39(28,33)10/h11-16,21-22,24,27-30,32-35,43,46H,1,17-20H2,2-10H3/t22-,24-,27-,28-,29+,30?,32?,33-,34-,35-,39+,40-,41-/m0/s1. The number of hydrogen-bond donors (Lipinski definition) is 2. The van der Waals surface area contributed by atoms with Gasteiger partial charge in [-0.15, -0.1) is 0 Å². The van der Waals surface area contributed by atoms with E-state index in [1.54, 1.807) is 50.3 Å². The summed E-state index contributed by atoms with van der Waals surface area (Å²) in [6, 6.07) is 8.60. The smallest absolute Gasteiger partial charge is 0.338 e. The summed E-state index contributed by atoms with van der Waals surface area (Å²) >= 11 is 0. The monoisotopic (exact) mass is 724 g/mol. The Kier molecular flexibility index (Phi) is 10.1. The fourth-order valence-electron chi connectivity index (χ4n) is 10.8. The van der Waals surface area contributed by atoms with Gasteiger partial charge in [0.2, 0.25) is 0 Å². The van der Waals surface area contributed by atoms with Gasteiger partial charge in [0.1, 0.15) is 18.3 Å². The Morgan fingerprint density at radius 1 is 1.10 bits per heavy atom. The highest BCUT2D eigenvalue weighted by Gasteiger charge is 2.80. The molecule has 0 amide bonds. The summed E-state index contributed by atoms with van der Waals surface area (Å²) in [7, 11) is 0. The molecule has 6 rings (SSSR count). The summed E-state index contributed by atoms with van der Waals surface area (Å²) < 4.78 is 38.8. The Balaban J connectivity index is 1.59. The minimum Gasteiger partial charge on any atom is -0.457 e. The second kappa shape index (κ2) is 13.6. The van der Waals surface area contributed by atoms with Crippen LogP contribution in [0.2, 0.25) is 0 Å². The van der Waals surface area contributed by atoms with E-state index in [0.717, 1.165) is 5.57 Å². The summed E-state index contributed by atoms with van der Waals surface area (Å²) in [6.07, 6.45) is -3.28. The molecular weight excluding hydrogens is 668 g/mol. The normalized spacial score (nSPS) is 39.2. The maximum atomic E-state index is 14.4. The third-order valence-corrected chi connectivity index (χ3v) is 12.9. The van der Waals surface area contributed by atoms with E-state index < -0.39 is 94.7 Å². The molecule has 11 heteroatoms. The highest BCUT2D eigenvalue weighted by Crippen LogP contribution is 2.70. The molecule has 3 aliphatic carbocycles. The van der Waals surface area contributed by atoms with Crippen molar-refractivity contribution in [1.82, 2.24) is 0 Å². The minimum atomic E-state index is -1.61. The average molecular weight is 725 g/mol. The number of esters is 3. The Bertz CT molecular complexity index is 1600. The molecule has 0 spiro atoms. The van der Waals surface area contributed by atoms with Crippen LogP contribution >= 0.6 is 0 Å². The molecule has 52 heavy (non-hydrogen) atoms. The summed E-state index contributed by atoms with van der Waals surface area (Å²) in [5.41, 5.74) is -3.54. The second-order valence-corrected chi connectivity index (χ2v) is 17.0. The number of carbonyl (C=O) groups is 3.